The minimum absolute atomic E-state index is 0.193. The van der Waals surface area contributed by atoms with Gasteiger partial charge in [0.2, 0.25) is 4.80 Å². The summed E-state index contributed by atoms with van der Waals surface area (Å²) in [7, 11) is -2.28. The molecule has 1 aromatic carbocycles. The molecule has 2 rings (SSSR count). The maximum atomic E-state index is 12.3. The first-order chi connectivity index (χ1) is 10.2. The second-order valence-corrected chi connectivity index (χ2v) is 7.65. The average Bonchev–Trinajstić information content (AvgIpc) is 2.80. The number of rotatable bonds is 4. The quantitative estimate of drug-likeness (QED) is 0.630. The highest BCUT2D eigenvalue weighted by atomic mass is 32.2. The molecule has 9 heteroatoms. The fourth-order valence-corrected chi connectivity index (χ4v) is 3.97. The Kier molecular flexibility index (Phi) is 4.47. The van der Waals surface area contributed by atoms with Crippen molar-refractivity contribution in [3.8, 4) is 0 Å². The Morgan fingerprint density at radius 3 is 2.59 bits per heavy atom. The molecule has 22 heavy (non-hydrogen) atoms. The van der Waals surface area contributed by atoms with Crippen molar-refractivity contribution in [3.63, 3.8) is 0 Å². The topological polar surface area (TPSA) is 94.6 Å². The number of non-ortho nitro benzene ring substituents is 1. The van der Waals surface area contributed by atoms with Crippen molar-refractivity contribution in [1.82, 2.24) is 4.57 Å². The van der Waals surface area contributed by atoms with Crippen LogP contribution in [0.15, 0.2) is 39.8 Å². The van der Waals surface area contributed by atoms with E-state index in [1.54, 1.807) is 11.6 Å². The molecule has 0 atom stereocenters. The van der Waals surface area contributed by atoms with Gasteiger partial charge in [0.15, 0.2) is 0 Å². The van der Waals surface area contributed by atoms with Gasteiger partial charge < -0.3 is 4.57 Å². The van der Waals surface area contributed by atoms with E-state index in [4.69, 9.17) is 0 Å². The number of nitro benzene ring substituents is 1. The standard InChI is InChI=1S/C13H15N3O4S2/c1-9(2)12-8-15(3)13(21-12)14-22(19,20)11-6-4-5-10(7-11)16(17)18/h4-9H,1-3H3/b14-13+. The van der Waals surface area contributed by atoms with Crippen LogP contribution in [0.2, 0.25) is 0 Å². The van der Waals surface area contributed by atoms with Gasteiger partial charge in [-0.15, -0.1) is 15.7 Å². The van der Waals surface area contributed by atoms with Gasteiger partial charge in [-0.05, 0) is 12.0 Å². The van der Waals surface area contributed by atoms with Crippen molar-refractivity contribution in [2.75, 3.05) is 0 Å². The highest BCUT2D eigenvalue weighted by Crippen LogP contribution is 2.20. The fourth-order valence-electron chi connectivity index (χ4n) is 1.71. The van der Waals surface area contributed by atoms with Crippen molar-refractivity contribution in [2.45, 2.75) is 24.7 Å². The predicted octanol–water partition coefficient (Wildman–Crippen LogP) is 2.41. The lowest BCUT2D eigenvalue weighted by molar-refractivity contribution is -0.385. The zero-order valence-corrected chi connectivity index (χ0v) is 13.9. The van der Waals surface area contributed by atoms with Crippen LogP contribution in [0.1, 0.15) is 24.6 Å². The smallest absolute Gasteiger partial charge is 0.285 e. The van der Waals surface area contributed by atoms with Gasteiger partial charge in [0.25, 0.3) is 15.7 Å². The van der Waals surface area contributed by atoms with Crippen LogP contribution in [0.25, 0.3) is 0 Å². The van der Waals surface area contributed by atoms with E-state index in [0.29, 0.717) is 4.80 Å². The lowest BCUT2D eigenvalue weighted by atomic mass is 10.2. The molecule has 0 bridgehead atoms. The number of nitro groups is 1. The molecule has 2 aromatic rings. The van der Waals surface area contributed by atoms with Gasteiger partial charge in [-0.25, -0.2) is 0 Å². The summed E-state index contributed by atoms with van der Waals surface area (Å²) in [6.07, 6.45) is 1.83. The van der Waals surface area contributed by atoms with E-state index < -0.39 is 14.9 Å². The highest BCUT2D eigenvalue weighted by Gasteiger charge is 2.17. The van der Waals surface area contributed by atoms with Crippen molar-refractivity contribution in [1.29, 1.82) is 0 Å². The van der Waals surface area contributed by atoms with Crippen LogP contribution in [0.3, 0.4) is 0 Å². The van der Waals surface area contributed by atoms with Gasteiger partial charge in [-0.2, -0.15) is 8.42 Å². The Labute approximate surface area is 131 Å². The molecule has 0 unspecified atom stereocenters. The number of benzene rings is 1. The molecule has 1 aromatic heterocycles. The predicted molar refractivity (Wildman–Crippen MR) is 83.2 cm³/mol. The van der Waals surface area contributed by atoms with Gasteiger partial charge in [-0.1, -0.05) is 19.9 Å². The van der Waals surface area contributed by atoms with Crippen LogP contribution in [0.5, 0.6) is 0 Å². The number of sulfonamides is 1. The summed E-state index contributed by atoms with van der Waals surface area (Å²) in [4.78, 5) is 11.3. The molecule has 0 N–H and O–H groups in total. The third-order valence-corrected chi connectivity index (χ3v) is 5.68. The van der Waals surface area contributed by atoms with Crippen LogP contribution in [-0.4, -0.2) is 17.9 Å². The summed E-state index contributed by atoms with van der Waals surface area (Å²) >= 11 is 1.28. The van der Waals surface area contributed by atoms with Gasteiger partial charge in [-0.3, -0.25) is 10.1 Å². The minimum Gasteiger partial charge on any atom is -0.326 e. The van der Waals surface area contributed by atoms with E-state index in [2.05, 4.69) is 4.40 Å². The summed E-state index contributed by atoms with van der Waals surface area (Å²) in [5.41, 5.74) is -0.283. The van der Waals surface area contributed by atoms with Gasteiger partial charge in [0.05, 0.1) is 9.82 Å². The largest absolute Gasteiger partial charge is 0.326 e. The molecule has 0 saturated carbocycles. The van der Waals surface area contributed by atoms with Crippen molar-refractivity contribution >= 4 is 27.0 Å². The summed E-state index contributed by atoms with van der Waals surface area (Å²) in [6.45, 7) is 4.01. The molecule has 0 spiro atoms. The summed E-state index contributed by atoms with van der Waals surface area (Å²) in [6, 6.07) is 4.87. The first-order valence-electron chi connectivity index (χ1n) is 6.42. The summed E-state index contributed by atoms with van der Waals surface area (Å²) < 4.78 is 30.1. The zero-order valence-electron chi connectivity index (χ0n) is 12.3. The molecule has 1 heterocycles. The van der Waals surface area contributed by atoms with Gasteiger partial charge >= 0.3 is 0 Å². The number of nitrogens with zero attached hydrogens (tertiary/aromatic N) is 3. The van der Waals surface area contributed by atoms with E-state index in [1.165, 1.54) is 29.5 Å². The Balaban J connectivity index is 2.54. The van der Waals surface area contributed by atoms with Crippen molar-refractivity contribution in [3.05, 3.63) is 50.3 Å². The SMILES string of the molecule is CC(C)c1cn(C)/c(=N\S(=O)(=O)c2cccc([N+](=O)[O-])c2)s1. The van der Waals surface area contributed by atoms with E-state index >= 15 is 0 Å². The Bertz CT molecular complexity index is 879. The molecule has 0 saturated heterocycles. The third kappa shape index (κ3) is 3.42. The number of aromatic nitrogens is 1. The molecule has 0 aliphatic carbocycles. The maximum Gasteiger partial charge on any atom is 0.285 e. The fraction of sp³-hybridized carbons (Fsp3) is 0.308. The average molecular weight is 341 g/mol. The molecule has 0 amide bonds. The van der Waals surface area contributed by atoms with Crippen LogP contribution in [0.4, 0.5) is 5.69 Å². The van der Waals surface area contributed by atoms with Crippen LogP contribution in [0, 0.1) is 10.1 Å². The maximum absolute atomic E-state index is 12.3. The minimum atomic E-state index is -3.99. The molecule has 0 aliphatic heterocycles. The molecule has 0 radical (unpaired) electrons. The summed E-state index contributed by atoms with van der Waals surface area (Å²) in [5, 5.41) is 10.7. The molecule has 118 valence electrons. The number of hydrogen-bond donors (Lipinski definition) is 0. The first kappa shape index (κ1) is 16.4. The van der Waals surface area contributed by atoms with Crippen LogP contribution < -0.4 is 4.80 Å². The van der Waals surface area contributed by atoms with E-state index in [0.717, 1.165) is 10.9 Å². The normalized spacial score (nSPS) is 12.8. The van der Waals surface area contributed by atoms with E-state index in [-0.39, 0.29) is 16.5 Å². The molecule has 0 fully saturated rings. The molecular formula is C13H15N3O4S2. The number of hydrogen-bond acceptors (Lipinski definition) is 5. The molecule has 0 aliphatic rings. The molecular weight excluding hydrogens is 326 g/mol. The van der Waals surface area contributed by atoms with Gasteiger partial charge in [0.1, 0.15) is 0 Å². The lowest BCUT2D eigenvalue weighted by Gasteiger charge is -1.98. The highest BCUT2D eigenvalue weighted by molar-refractivity contribution is 7.90. The number of thiazole rings is 1. The van der Waals surface area contributed by atoms with Gasteiger partial charge in [0, 0.05) is 30.3 Å². The third-order valence-electron chi connectivity index (χ3n) is 2.93. The van der Waals surface area contributed by atoms with Crippen LogP contribution in [-0.2, 0) is 17.1 Å². The van der Waals surface area contributed by atoms with E-state index in [1.807, 2.05) is 20.0 Å². The van der Waals surface area contributed by atoms with Crippen molar-refractivity contribution in [2.24, 2.45) is 11.4 Å². The first-order valence-corrected chi connectivity index (χ1v) is 8.68. The van der Waals surface area contributed by atoms with E-state index in [9.17, 15) is 18.5 Å². The lowest BCUT2D eigenvalue weighted by Crippen LogP contribution is -2.13. The zero-order chi connectivity index (χ0) is 16.5. The van der Waals surface area contributed by atoms with Crippen LogP contribution >= 0.6 is 11.3 Å². The monoisotopic (exact) mass is 341 g/mol. The Morgan fingerprint density at radius 2 is 2.05 bits per heavy atom. The Morgan fingerprint density at radius 1 is 1.36 bits per heavy atom. The Hall–Kier alpha value is -2.00. The van der Waals surface area contributed by atoms with Crippen molar-refractivity contribution < 1.29 is 13.3 Å². The summed E-state index contributed by atoms with van der Waals surface area (Å²) in [5.74, 6) is 0.265. The molecule has 7 nitrogen and oxygen atoms in total. The second kappa shape index (κ2) is 6.01. The number of aryl methyl sites for hydroxylation is 1. The second-order valence-electron chi connectivity index (χ2n) is 5.00.